The maximum atomic E-state index is 12.9. The van der Waals surface area contributed by atoms with E-state index in [1.807, 2.05) is 52.0 Å². The Morgan fingerprint density at radius 3 is 2.50 bits per heavy atom. The number of amides is 2. The lowest BCUT2D eigenvalue weighted by atomic mass is 9.78. The number of halogens is 3. The van der Waals surface area contributed by atoms with Crippen LogP contribution in [0.25, 0.3) is 16.5 Å². The molecule has 2 N–H and O–H groups in total. The minimum atomic E-state index is -4.62. The summed E-state index contributed by atoms with van der Waals surface area (Å²) in [5.41, 5.74) is 1.45. The van der Waals surface area contributed by atoms with Gasteiger partial charge in [-0.1, -0.05) is 25.1 Å². The van der Waals surface area contributed by atoms with Gasteiger partial charge in [-0.2, -0.15) is 13.2 Å². The Hall–Kier alpha value is -3.95. The van der Waals surface area contributed by atoms with Crippen molar-refractivity contribution in [2.75, 3.05) is 10.6 Å². The minimum absolute atomic E-state index is 0.0813. The zero-order chi connectivity index (χ0) is 27.7. The Morgan fingerprint density at radius 2 is 1.82 bits per heavy atom. The molecule has 2 unspecified atom stereocenters. The number of carbonyl (C=O) groups is 2. The van der Waals surface area contributed by atoms with Gasteiger partial charge in [0.15, 0.2) is 0 Å². The molecule has 0 radical (unpaired) electrons. The average Bonchev–Trinajstić information content (AvgIpc) is 2.82. The van der Waals surface area contributed by atoms with E-state index in [0.29, 0.717) is 29.4 Å². The Kier molecular flexibility index (Phi) is 7.44. The number of pyridine rings is 2. The smallest absolute Gasteiger partial charge is 0.433 e. The lowest BCUT2D eigenvalue weighted by molar-refractivity contribution is -0.161. The van der Waals surface area contributed by atoms with E-state index in [1.54, 1.807) is 6.07 Å². The third-order valence-electron chi connectivity index (χ3n) is 6.20. The molecule has 4 rings (SSSR count). The van der Waals surface area contributed by atoms with Crippen LogP contribution in [0.15, 0.2) is 54.7 Å². The number of carbonyl (C=O) groups excluding carboxylic acids is 2. The fraction of sp³-hybridized carbons (Fsp3) is 0.357. The molecule has 2 heterocycles. The van der Waals surface area contributed by atoms with Gasteiger partial charge in [0.05, 0.1) is 17.1 Å². The predicted octanol–water partition coefficient (Wildman–Crippen LogP) is 7.06. The Morgan fingerprint density at radius 1 is 1.05 bits per heavy atom. The highest BCUT2D eigenvalue weighted by Gasteiger charge is 2.33. The maximum Gasteiger partial charge on any atom is 0.433 e. The van der Waals surface area contributed by atoms with Crippen molar-refractivity contribution in [3.63, 3.8) is 0 Å². The molecule has 38 heavy (non-hydrogen) atoms. The second-order valence-electron chi connectivity index (χ2n) is 10.4. The molecule has 10 heteroatoms. The molecule has 3 aromatic rings. The number of hydrogen-bond acceptors (Lipinski definition) is 5. The number of nitrogens with one attached hydrogen (secondary N) is 2. The molecule has 0 spiro atoms. The number of ether oxygens (including phenoxy) is 1. The Balaban J connectivity index is 1.53. The number of hydrogen-bond donors (Lipinski definition) is 2. The molecule has 0 saturated heterocycles. The second kappa shape index (κ2) is 10.4. The fourth-order valence-corrected chi connectivity index (χ4v) is 4.40. The van der Waals surface area contributed by atoms with Crippen LogP contribution in [0.2, 0.25) is 0 Å². The maximum absolute atomic E-state index is 12.9. The van der Waals surface area contributed by atoms with E-state index in [2.05, 4.69) is 20.6 Å². The summed E-state index contributed by atoms with van der Waals surface area (Å²) in [6.45, 7) is 7.59. The van der Waals surface area contributed by atoms with Gasteiger partial charge in [-0.25, -0.2) is 9.78 Å². The van der Waals surface area contributed by atoms with Crippen molar-refractivity contribution in [2.45, 2.75) is 52.3 Å². The molecule has 2 atom stereocenters. The van der Waals surface area contributed by atoms with E-state index >= 15 is 0 Å². The first kappa shape index (κ1) is 27.1. The van der Waals surface area contributed by atoms with Crippen LogP contribution in [0.1, 0.15) is 51.8 Å². The first-order valence-electron chi connectivity index (χ1n) is 12.2. The fourth-order valence-electron chi connectivity index (χ4n) is 4.40. The second-order valence-corrected chi connectivity index (χ2v) is 10.4. The van der Waals surface area contributed by atoms with E-state index in [4.69, 9.17) is 4.74 Å². The van der Waals surface area contributed by atoms with E-state index < -0.39 is 23.5 Å². The summed E-state index contributed by atoms with van der Waals surface area (Å²) < 4.78 is 44.4. The normalized spacial score (nSPS) is 18.0. The van der Waals surface area contributed by atoms with Crippen molar-refractivity contribution in [3.8, 4) is 0 Å². The molecule has 1 aliphatic carbocycles. The summed E-state index contributed by atoms with van der Waals surface area (Å²) in [6.07, 6.45) is 0.205. The number of aromatic nitrogens is 2. The first-order valence-corrected chi connectivity index (χ1v) is 12.2. The van der Waals surface area contributed by atoms with E-state index in [-0.39, 0.29) is 23.6 Å². The lowest BCUT2D eigenvalue weighted by Gasteiger charge is -2.30. The van der Waals surface area contributed by atoms with Crippen LogP contribution in [-0.2, 0) is 15.7 Å². The Labute approximate surface area is 218 Å². The van der Waals surface area contributed by atoms with Crippen LogP contribution < -0.4 is 10.6 Å². The van der Waals surface area contributed by atoms with Crippen molar-refractivity contribution in [3.05, 3.63) is 66.0 Å². The van der Waals surface area contributed by atoms with E-state index in [9.17, 15) is 22.8 Å². The van der Waals surface area contributed by atoms with Gasteiger partial charge in [0, 0.05) is 11.6 Å². The number of allylic oxidation sites excluding steroid dienone is 2. The molecule has 2 amide bonds. The van der Waals surface area contributed by atoms with Crippen molar-refractivity contribution in [2.24, 2.45) is 11.8 Å². The summed E-state index contributed by atoms with van der Waals surface area (Å²) in [5.74, 6) is -0.559. The van der Waals surface area contributed by atoms with Crippen molar-refractivity contribution in [1.82, 2.24) is 9.97 Å². The van der Waals surface area contributed by atoms with Crippen LogP contribution in [0.5, 0.6) is 0 Å². The molecule has 1 aliphatic rings. The predicted molar refractivity (Wildman–Crippen MR) is 139 cm³/mol. The van der Waals surface area contributed by atoms with Gasteiger partial charge in [-0.3, -0.25) is 15.1 Å². The number of esters is 1. The molecule has 200 valence electrons. The molecule has 7 nitrogen and oxygen atoms in total. The minimum Gasteiger partial charge on any atom is -0.460 e. The van der Waals surface area contributed by atoms with Gasteiger partial charge >= 0.3 is 18.2 Å². The van der Waals surface area contributed by atoms with Crippen LogP contribution >= 0.6 is 0 Å². The SMILES string of the molecule is CC1CC(c2ccc3nccc(NC(=O)Nc4cccc(C(F)(F)F)n4)c3c2)=CCC1C(=O)OC(C)(C)C. The third-order valence-corrected chi connectivity index (χ3v) is 6.20. The number of benzene rings is 1. The van der Waals surface area contributed by atoms with Crippen molar-refractivity contribution in [1.29, 1.82) is 0 Å². The topological polar surface area (TPSA) is 93.2 Å². The number of urea groups is 1. The molecular weight excluding hydrogens is 497 g/mol. The Bertz CT molecular complexity index is 1400. The van der Waals surface area contributed by atoms with Gasteiger partial charge in [0.2, 0.25) is 0 Å². The summed E-state index contributed by atoms with van der Waals surface area (Å²) in [7, 11) is 0. The van der Waals surface area contributed by atoms with Gasteiger partial charge in [-0.05, 0) is 81.0 Å². The number of anilines is 2. The summed E-state index contributed by atoms with van der Waals surface area (Å²) in [6, 6.07) is 9.85. The largest absolute Gasteiger partial charge is 0.460 e. The molecule has 0 fully saturated rings. The zero-order valence-corrected chi connectivity index (χ0v) is 21.5. The van der Waals surface area contributed by atoms with Crippen molar-refractivity contribution < 1.29 is 27.5 Å². The molecule has 2 aromatic heterocycles. The van der Waals surface area contributed by atoms with Crippen molar-refractivity contribution >= 4 is 40.0 Å². The van der Waals surface area contributed by atoms with Crippen LogP contribution in [0.4, 0.5) is 29.5 Å². The summed E-state index contributed by atoms with van der Waals surface area (Å²) in [4.78, 5) is 33.0. The molecular formula is C28H29F3N4O3. The highest BCUT2D eigenvalue weighted by molar-refractivity contribution is 6.05. The van der Waals surface area contributed by atoms with Gasteiger partial charge in [0.25, 0.3) is 0 Å². The van der Waals surface area contributed by atoms with Gasteiger partial charge in [0.1, 0.15) is 17.1 Å². The number of rotatable bonds is 4. The molecule has 1 aromatic carbocycles. The zero-order valence-electron chi connectivity index (χ0n) is 21.5. The van der Waals surface area contributed by atoms with E-state index in [0.717, 1.165) is 17.2 Å². The molecule has 0 bridgehead atoms. The van der Waals surface area contributed by atoms with Crippen LogP contribution in [0.3, 0.4) is 0 Å². The highest BCUT2D eigenvalue weighted by atomic mass is 19.4. The highest BCUT2D eigenvalue weighted by Crippen LogP contribution is 2.37. The number of alkyl halides is 3. The first-order chi connectivity index (χ1) is 17.8. The summed E-state index contributed by atoms with van der Waals surface area (Å²) >= 11 is 0. The third kappa shape index (κ3) is 6.48. The quantitative estimate of drug-likeness (QED) is 0.355. The van der Waals surface area contributed by atoms with Gasteiger partial charge < -0.3 is 10.1 Å². The lowest BCUT2D eigenvalue weighted by Crippen LogP contribution is -2.32. The van der Waals surface area contributed by atoms with Crippen LogP contribution in [0, 0.1) is 11.8 Å². The standard InChI is InChI=1S/C28H29F3N4O3/c1-16-14-17(8-10-19(16)25(36)38-27(2,3)4)18-9-11-21-20(15-18)22(12-13-32-21)33-26(37)35-24-7-5-6-23(34-24)28(29,30)31/h5-9,11-13,15-16,19H,10,14H2,1-4H3,(H2,32,33,34,35,37). The summed E-state index contributed by atoms with van der Waals surface area (Å²) in [5, 5.41) is 5.70. The number of fused-ring (bicyclic) bond motifs is 1. The van der Waals surface area contributed by atoms with Gasteiger partial charge in [-0.15, -0.1) is 0 Å². The molecule has 0 saturated carbocycles. The van der Waals surface area contributed by atoms with Crippen LogP contribution in [-0.4, -0.2) is 27.6 Å². The molecule has 0 aliphatic heterocycles. The average molecular weight is 527 g/mol. The monoisotopic (exact) mass is 526 g/mol. The van der Waals surface area contributed by atoms with E-state index in [1.165, 1.54) is 18.3 Å². The number of nitrogens with zero attached hydrogens (tertiary/aromatic N) is 2.